The van der Waals surface area contributed by atoms with Crippen molar-refractivity contribution < 1.29 is 8.42 Å². The first kappa shape index (κ1) is 19.4. The van der Waals surface area contributed by atoms with E-state index < -0.39 is 10.0 Å². The number of sulfonamides is 1. The Hall–Kier alpha value is -2.41. The van der Waals surface area contributed by atoms with Crippen molar-refractivity contribution in [3.63, 3.8) is 0 Å². The molecule has 0 unspecified atom stereocenters. The minimum atomic E-state index is -3.79. The largest absolute Gasteiger partial charge is 0.356 e. The predicted molar refractivity (Wildman–Crippen MR) is 115 cm³/mol. The van der Waals surface area contributed by atoms with Crippen molar-refractivity contribution in [3.8, 4) is 11.1 Å². The van der Waals surface area contributed by atoms with Crippen LogP contribution in [0.4, 0.5) is 5.69 Å². The van der Waals surface area contributed by atoms with E-state index in [0.717, 1.165) is 32.5 Å². The first-order valence-corrected chi connectivity index (χ1v) is 10.5. The van der Waals surface area contributed by atoms with Crippen LogP contribution in [0.5, 0.6) is 0 Å². The molecule has 138 valence electrons. The van der Waals surface area contributed by atoms with Crippen molar-refractivity contribution in [1.29, 1.82) is 0 Å². The Kier molecular flexibility index (Phi) is 5.51. The van der Waals surface area contributed by atoms with E-state index in [-0.39, 0.29) is 4.90 Å². The highest BCUT2D eigenvalue weighted by molar-refractivity contribution is 9.10. The first-order chi connectivity index (χ1) is 12.8. The fraction of sp³-hybridized carbons (Fsp3) is 0.0476. The lowest BCUT2D eigenvalue weighted by atomic mass is 10.0. The fourth-order valence-electron chi connectivity index (χ4n) is 2.85. The number of benzene rings is 3. The maximum absolute atomic E-state index is 11.8. The summed E-state index contributed by atoms with van der Waals surface area (Å²) in [6.45, 7) is 6.15. The Labute approximate surface area is 167 Å². The van der Waals surface area contributed by atoms with Crippen molar-refractivity contribution in [3.05, 3.63) is 88.9 Å². The third kappa shape index (κ3) is 4.47. The second kappa shape index (κ2) is 7.68. The summed E-state index contributed by atoms with van der Waals surface area (Å²) >= 11 is 3.48. The van der Waals surface area contributed by atoms with E-state index in [9.17, 15) is 8.42 Å². The first-order valence-electron chi connectivity index (χ1n) is 8.20. The Morgan fingerprint density at radius 2 is 1.70 bits per heavy atom. The predicted octanol–water partition coefficient (Wildman–Crippen LogP) is 5.15. The van der Waals surface area contributed by atoms with Gasteiger partial charge in [0.25, 0.3) is 0 Å². The lowest BCUT2D eigenvalue weighted by Gasteiger charge is -2.14. The monoisotopic (exact) mass is 442 g/mol. The molecule has 27 heavy (non-hydrogen) atoms. The number of rotatable bonds is 5. The molecule has 4 nitrogen and oxygen atoms in total. The van der Waals surface area contributed by atoms with Gasteiger partial charge in [0.1, 0.15) is 0 Å². The Balaban J connectivity index is 1.87. The van der Waals surface area contributed by atoms with Gasteiger partial charge in [0.05, 0.1) is 4.90 Å². The lowest BCUT2D eigenvalue weighted by molar-refractivity contribution is 0.598. The van der Waals surface area contributed by atoms with Gasteiger partial charge < -0.3 is 5.32 Å². The van der Waals surface area contributed by atoms with Gasteiger partial charge in [-0.15, -0.1) is 0 Å². The summed E-state index contributed by atoms with van der Waals surface area (Å²) in [5.41, 5.74) is 5.13. The van der Waals surface area contributed by atoms with Crippen LogP contribution in [0.3, 0.4) is 0 Å². The normalized spacial score (nSPS) is 11.2. The van der Waals surface area contributed by atoms with Gasteiger partial charge in [-0.1, -0.05) is 58.9 Å². The fourth-order valence-corrected chi connectivity index (χ4v) is 3.97. The lowest BCUT2D eigenvalue weighted by Crippen LogP contribution is -2.13. The molecule has 3 N–H and O–H groups in total. The van der Waals surface area contributed by atoms with Gasteiger partial charge in [-0.2, -0.15) is 0 Å². The number of hydrogen-bond donors (Lipinski definition) is 2. The molecule has 0 atom stereocenters. The second-order valence-corrected chi connectivity index (χ2v) is 8.63. The Morgan fingerprint density at radius 3 is 2.37 bits per heavy atom. The molecule has 6 heteroatoms. The molecule has 3 aromatic rings. The van der Waals surface area contributed by atoms with E-state index >= 15 is 0 Å². The summed E-state index contributed by atoms with van der Waals surface area (Å²) < 4.78 is 24.6. The van der Waals surface area contributed by atoms with Crippen LogP contribution in [0.25, 0.3) is 16.8 Å². The Bertz CT molecular complexity index is 1110. The molecule has 0 aliphatic rings. The van der Waals surface area contributed by atoms with E-state index in [1.165, 1.54) is 6.07 Å². The number of anilines is 1. The highest BCUT2D eigenvalue weighted by Gasteiger charge is 2.14. The summed E-state index contributed by atoms with van der Waals surface area (Å²) in [5, 5.41) is 8.62. The molecule has 0 spiro atoms. The number of halogens is 1. The number of nitrogens with two attached hydrogens (primary N) is 1. The molecule has 0 saturated carbocycles. The summed E-state index contributed by atoms with van der Waals surface area (Å²) in [4.78, 5) is 0.111. The molecule has 0 aliphatic heterocycles. The maximum atomic E-state index is 11.8. The molecule has 3 aromatic carbocycles. The smallest absolute Gasteiger partial charge is 0.238 e. The molecular weight excluding hydrogens is 424 g/mol. The highest BCUT2D eigenvalue weighted by atomic mass is 79.9. The molecule has 0 aromatic heterocycles. The van der Waals surface area contributed by atoms with Crippen molar-refractivity contribution in [2.24, 2.45) is 5.14 Å². The van der Waals surface area contributed by atoms with Gasteiger partial charge in [-0.05, 0) is 48.4 Å². The number of primary sulfonamides is 1. The van der Waals surface area contributed by atoms with E-state index in [0.29, 0.717) is 5.56 Å². The zero-order valence-corrected chi connectivity index (χ0v) is 17.1. The van der Waals surface area contributed by atoms with Crippen LogP contribution in [0.15, 0.2) is 82.7 Å². The summed E-state index contributed by atoms with van der Waals surface area (Å²) in [6, 6.07) is 20.2. The molecule has 0 amide bonds. The molecule has 0 radical (unpaired) electrons. The molecule has 0 aliphatic carbocycles. The zero-order chi connectivity index (χ0) is 19.6. The van der Waals surface area contributed by atoms with Crippen LogP contribution in [-0.2, 0) is 10.0 Å². The van der Waals surface area contributed by atoms with Gasteiger partial charge in [0.15, 0.2) is 0 Å². The Morgan fingerprint density at radius 1 is 1.04 bits per heavy atom. The summed E-state index contributed by atoms with van der Waals surface area (Å²) in [6.07, 6.45) is 0. The molecule has 0 heterocycles. The molecule has 0 fully saturated rings. The van der Waals surface area contributed by atoms with Gasteiger partial charge >= 0.3 is 0 Å². The molecule has 3 rings (SSSR count). The van der Waals surface area contributed by atoms with Crippen molar-refractivity contribution in [2.75, 3.05) is 5.32 Å². The highest BCUT2D eigenvalue weighted by Crippen LogP contribution is 2.29. The van der Waals surface area contributed by atoms with Gasteiger partial charge in [0.2, 0.25) is 10.0 Å². The summed E-state index contributed by atoms with van der Waals surface area (Å²) in [7, 11) is -3.79. The third-order valence-corrected chi connectivity index (χ3v) is 5.67. The van der Waals surface area contributed by atoms with Crippen molar-refractivity contribution in [2.45, 2.75) is 11.8 Å². The second-order valence-electron chi connectivity index (χ2n) is 6.18. The SMILES string of the molecule is C=C(Nc1ccc(-c2ccccc2S(N)(=O)=O)cc1)c1cc(Br)ccc1C. The third-order valence-electron chi connectivity index (χ3n) is 4.21. The van der Waals surface area contributed by atoms with Crippen LogP contribution < -0.4 is 10.5 Å². The number of hydrogen-bond acceptors (Lipinski definition) is 3. The molecular formula is C21H19BrN2O2S. The van der Waals surface area contributed by atoms with Crippen molar-refractivity contribution >= 4 is 37.3 Å². The molecule has 0 bridgehead atoms. The maximum Gasteiger partial charge on any atom is 0.238 e. The van der Waals surface area contributed by atoms with E-state index in [1.807, 2.05) is 49.4 Å². The van der Waals surface area contributed by atoms with E-state index in [1.54, 1.807) is 18.2 Å². The van der Waals surface area contributed by atoms with Gasteiger partial charge in [0, 0.05) is 27.0 Å². The minimum absolute atomic E-state index is 0.111. The van der Waals surface area contributed by atoms with Crippen LogP contribution in [-0.4, -0.2) is 8.42 Å². The standard InChI is InChI=1S/C21H19BrN2O2S/c1-14-7-10-17(22)13-20(14)15(2)24-18-11-8-16(9-12-18)19-5-3-4-6-21(19)27(23,25)26/h3-13,24H,2H2,1H3,(H2,23,25,26). The number of nitrogens with one attached hydrogen (secondary N) is 1. The van der Waals surface area contributed by atoms with E-state index in [4.69, 9.17) is 5.14 Å². The summed E-state index contributed by atoms with van der Waals surface area (Å²) in [5.74, 6) is 0. The zero-order valence-electron chi connectivity index (χ0n) is 14.7. The van der Waals surface area contributed by atoms with Crippen LogP contribution in [0, 0.1) is 6.92 Å². The van der Waals surface area contributed by atoms with Gasteiger partial charge in [-0.3, -0.25) is 0 Å². The average molecular weight is 443 g/mol. The quantitative estimate of drug-likeness (QED) is 0.573. The van der Waals surface area contributed by atoms with Gasteiger partial charge in [-0.25, -0.2) is 13.6 Å². The average Bonchev–Trinajstić information content (AvgIpc) is 2.63. The minimum Gasteiger partial charge on any atom is -0.356 e. The van der Waals surface area contributed by atoms with E-state index in [2.05, 4.69) is 27.8 Å². The van der Waals surface area contributed by atoms with Crippen LogP contribution >= 0.6 is 15.9 Å². The van der Waals surface area contributed by atoms with Crippen LogP contribution in [0.2, 0.25) is 0 Å². The van der Waals surface area contributed by atoms with Crippen molar-refractivity contribution in [1.82, 2.24) is 0 Å². The number of aryl methyl sites for hydroxylation is 1. The topological polar surface area (TPSA) is 72.2 Å². The van der Waals surface area contributed by atoms with Crippen LogP contribution in [0.1, 0.15) is 11.1 Å². The molecule has 0 saturated heterocycles.